The Balaban J connectivity index is 1.30. The van der Waals surface area contributed by atoms with Crippen LogP contribution < -0.4 is 20.7 Å². The van der Waals surface area contributed by atoms with Crippen molar-refractivity contribution in [1.82, 2.24) is 25.3 Å². The fourth-order valence-electron chi connectivity index (χ4n) is 4.17. The van der Waals surface area contributed by atoms with Gasteiger partial charge in [-0.05, 0) is 51.1 Å². The first kappa shape index (κ1) is 23.1. The van der Waals surface area contributed by atoms with Gasteiger partial charge in [0, 0.05) is 24.2 Å². The minimum atomic E-state index is -0.398. The van der Waals surface area contributed by atoms with Crippen LogP contribution in [0.5, 0.6) is 11.5 Å². The van der Waals surface area contributed by atoms with E-state index >= 15 is 0 Å². The third-order valence-electron chi connectivity index (χ3n) is 5.90. The summed E-state index contributed by atoms with van der Waals surface area (Å²) in [5, 5.41) is 9.27. The maximum Gasteiger partial charge on any atom is 0.357 e. The molecule has 0 atom stereocenters. The number of fused-ring (bicyclic) bond motifs is 3. The van der Waals surface area contributed by atoms with E-state index in [1.165, 1.54) is 17.5 Å². The van der Waals surface area contributed by atoms with Crippen molar-refractivity contribution in [2.45, 2.75) is 32.4 Å². The zero-order valence-corrected chi connectivity index (χ0v) is 20.2. The molecule has 9 nitrogen and oxygen atoms in total. The topological polar surface area (TPSA) is 106 Å². The van der Waals surface area contributed by atoms with Gasteiger partial charge in [0.25, 0.3) is 0 Å². The van der Waals surface area contributed by atoms with E-state index in [0.717, 1.165) is 41.7 Å². The Hall–Kier alpha value is -3.63. The highest BCUT2D eigenvalue weighted by Crippen LogP contribution is 2.33. The van der Waals surface area contributed by atoms with Crippen molar-refractivity contribution in [3.8, 4) is 11.5 Å². The molecule has 1 aliphatic heterocycles. The molecular formula is C25H27N5O4S. The van der Waals surface area contributed by atoms with Crippen LogP contribution in [-0.4, -0.2) is 47.1 Å². The number of carbonyl (C=O) groups excluding carboxylic acids is 2. The van der Waals surface area contributed by atoms with E-state index in [1.54, 1.807) is 11.3 Å². The number of nitrogens with one attached hydrogen (secondary N) is 3. The number of carbonyl (C=O) groups is 2. The van der Waals surface area contributed by atoms with Crippen LogP contribution in [0.1, 0.15) is 35.8 Å². The number of rotatable bonds is 7. The van der Waals surface area contributed by atoms with Crippen LogP contribution in [0.2, 0.25) is 0 Å². The predicted octanol–water partition coefficient (Wildman–Crippen LogP) is 4.07. The summed E-state index contributed by atoms with van der Waals surface area (Å²) in [7, 11) is 0. The predicted molar refractivity (Wildman–Crippen MR) is 134 cm³/mol. The maximum absolute atomic E-state index is 12.4. The second-order valence-corrected chi connectivity index (χ2v) is 9.28. The molecule has 1 saturated heterocycles. The molecule has 4 aromatic rings. The van der Waals surface area contributed by atoms with E-state index in [1.807, 2.05) is 42.5 Å². The number of hydrogen-bond donors (Lipinski definition) is 3. The highest BCUT2D eigenvalue weighted by Gasteiger charge is 2.18. The molecule has 35 heavy (non-hydrogen) atoms. The number of thiazole rings is 1. The summed E-state index contributed by atoms with van der Waals surface area (Å²) in [6.45, 7) is 4.28. The Morgan fingerprint density at radius 3 is 2.86 bits per heavy atom. The summed E-state index contributed by atoms with van der Waals surface area (Å²) >= 11 is 1.47. The normalized spacial score (nSPS) is 14.2. The molecule has 0 saturated carbocycles. The van der Waals surface area contributed by atoms with Crippen LogP contribution >= 0.6 is 11.3 Å². The number of nitrogens with zero attached hydrogens (tertiary/aromatic N) is 2. The lowest BCUT2D eigenvalue weighted by molar-refractivity contribution is 0.0518. The van der Waals surface area contributed by atoms with Gasteiger partial charge in [-0.15, -0.1) is 0 Å². The van der Waals surface area contributed by atoms with Crippen molar-refractivity contribution >= 4 is 38.5 Å². The first-order chi connectivity index (χ1) is 17.1. The van der Waals surface area contributed by atoms with Gasteiger partial charge in [-0.2, -0.15) is 0 Å². The van der Waals surface area contributed by atoms with E-state index < -0.39 is 5.97 Å². The van der Waals surface area contributed by atoms with E-state index in [0.29, 0.717) is 35.3 Å². The molecule has 2 aromatic heterocycles. The lowest BCUT2D eigenvalue weighted by Crippen LogP contribution is -2.46. The van der Waals surface area contributed by atoms with E-state index in [2.05, 4.69) is 20.9 Å². The Morgan fingerprint density at radius 1 is 1.20 bits per heavy atom. The molecule has 0 unspecified atom stereocenters. The molecule has 3 heterocycles. The van der Waals surface area contributed by atoms with Gasteiger partial charge in [-0.25, -0.2) is 14.6 Å². The maximum atomic E-state index is 12.4. The van der Waals surface area contributed by atoms with Crippen molar-refractivity contribution in [2.75, 3.05) is 19.7 Å². The van der Waals surface area contributed by atoms with Crippen molar-refractivity contribution in [3.05, 3.63) is 59.9 Å². The smallest absolute Gasteiger partial charge is 0.357 e. The third-order valence-corrected chi connectivity index (χ3v) is 6.92. The van der Waals surface area contributed by atoms with Gasteiger partial charge in [-0.1, -0.05) is 29.5 Å². The molecule has 3 N–H and O–H groups in total. The molecule has 5 rings (SSSR count). The van der Waals surface area contributed by atoms with Crippen molar-refractivity contribution < 1.29 is 19.1 Å². The summed E-state index contributed by atoms with van der Waals surface area (Å²) in [5.74, 6) is 0.930. The molecular weight excluding hydrogens is 466 g/mol. The number of para-hydroxylation sites is 1. The first-order valence-corrected chi connectivity index (χ1v) is 12.5. The zero-order valence-electron chi connectivity index (χ0n) is 19.4. The van der Waals surface area contributed by atoms with E-state index in [4.69, 9.17) is 9.47 Å². The lowest BCUT2D eigenvalue weighted by atomic mass is 10.1. The SMILES string of the molecule is CCOC(=O)c1cnc2sc3cc(Oc4ccccc4CNC(=O)NC4CCNCC4)ccc3n12. The molecule has 2 amide bonds. The molecule has 0 spiro atoms. The Labute approximate surface area is 206 Å². The number of urea groups is 1. The van der Waals surface area contributed by atoms with Gasteiger partial charge < -0.3 is 25.4 Å². The Bertz CT molecular complexity index is 1360. The first-order valence-electron chi connectivity index (χ1n) is 11.7. The minimum absolute atomic E-state index is 0.174. The van der Waals surface area contributed by atoms with Crippen LogP contribution in [0.3, 0.4) is 0 Å². The molecule has 0 radical (unpaired) electrons. The highest BCUT2D eigenvalue weighted by atomic mass is 32.1. The molecule has 0 aliphatic carbocycles. The lowest BCUT2D eigenvalue weighted by Gasteiger charge is -2.23. The Kier molecular flexibility index (Phi) is 6.82. The molecule has 0 bridgehead atoms. The third kappa shape index (κ3) is 5.08. The van der Waals surface area contributed by atoms with Crippen LogP contribution in [0.4, 0.5) is 4.79 Å². The summed E-state index contributed by atoms with van der Waals surface area (Å²) in [5.41, 5.74) is 2.14. The van der Waals surface area contributed by atoms with Crippen molar-refractivity contribution in [3.63, 3.8) is 0 Å². The largest absolute Gasteiger partial charge is 0.461 e. The second-order valence-electron chi connectivity index (χ2n) is 8.27. The van der Waals surface area contributed by atoms with Crippen molar-refractivity contribution in [2.24, 2.45) is 0 Å². The number of esters is 1. The number of benzene rings is 2. The van der Waals surface area contributed by atoms with Gasteiger partial charge in [0.05, 0.1) is 23.0 Å². The van der Waals surface area contributed by atoms with E-state index in [-0.39, 0.29) is 12.1 Å². The molecule has 2 aromatic carbocycles. The summed E-state index contributed by atoms with van der Waals surface area (Å²) in [6, 6.07) is 13.4. The van der Waals surface area contributed by atoms with Crippen LogP contribution in [-0.2, 0) is 11.3 Å². The zero-order chi connectivity index (χ0) is 24.2. The van der Waals surface area contributed by atoms with Gasteiger partial charge >= 0.3 is 12.0 Å². The van der Waals surface area contributed by atoms with E-state index in [9.17, 15) is 9.59 Å². The highest BCUT2D eigenvalue weighted by molar-refractivity contribution is 7.23. The van der Waals surface area contributed by atoms with Gasteiger partial charge in [0.2, 0.25) is 0 Å². The number of piperidine rings is 1. The summed E-state index contributed by atoms with van der Waals surface area (Å²) < 4.78 is 14.1. The standard InChI is InChI=1S/C25H27N5O4S/c1-2-33-23(31)20-15-28-25-30(20)19-8-7-18(13-22(19)35-25)34-21-6-4-3-5-16(21)14-27-24(32)29-17-9-11-26-12-10-17/h3-8,13,15,17,26H,2,9-12,14H2,1H3,(H2,27,29,32). The number of ether oxygens (including phenoxy) is 2. The Morgan fingerprint density at radius 2 is 2.03 bits per heavy atom. The second kappa shape index (κ2) is 10.3. The monoisotopic (exact) mass is 493 g/mol. The van der Waals surface area contributed by atoms with Crippen LogP contribution in [0, 0.1) is 0 Å². The minimum Gasteiger partial charge on any atom is -0.461 e. The van der Waals surface area contributed by atoms with Gasteiger partial charge in [0.1, 0.15) is 11.5 Å². The quantitative estimate of drug-likeness (QED) is 0.335. The average molecular weight is 494 g/mol. The van der Waals surface area contributed by atoms with Crippen LogP contribution in [0.25, 0.3) is 15.2 Å². The number of amides is 2. The number of hydrogen-bond acceptors (Lipinski definition) is 7. The van der Waals surface area contributed by atoms with Gasteiger partial charge in [-0.3, -0.25) is 4.40 Å². The van der Waals surface area contributed by atoms with Crippen LogP contribution in [0.15, 0.2) is 48.7 Å². The molecule has 1 aliphatic rings. The molecule has 1 fully saturated rings. The summed E-state index contributed by atoms with van der Waals surface area (Å²) in [6.07, 6.45) is 3.41. The number of aromatic nitrogens is 2. The van der Waals surface area contributed by atoms with Crippen molar-refractivity contribution in [1.29, 1.82) is 0 Å². The van der Waals surface area contributed by atoms with Gasteiger partial charge in [0.15, 0.2) is 10.7 Å². The molecule has 182 valence electrons. The number of imidazole rings is 1. The average Bonchev–Trinajstić information content (AvgIpc) is 3.43. The fraction of sp³-hybridized carbons (Fsp3) is 0.320. The fourth-order valence-corrected chi connectivity index (χ4v) is 5.20. The summed E-state index contributed by atoms with van der Waals surface area (Å²) in [4.78, 5) is 29.7. The molecule has 10 heteroatoms.